The summed E-state index contributed by atoms with van der Waals surface area (Å²) < 4.78 is 0. The van der Waals surface area contributed by atoms with Crippen molar-refractivity contribution in [2.45, 2.75) is 12.8 Å². The summed E-state index contributed by atoms with van der Waals surface area (Å²) in [6.45, 7) is 0. The van der Waals surface area contributed by atoms with Crippen LogP contribution in [0.15, 0.2) is 188 Å². The Morgan fingerprint density at radius 3 is 1.64 bits per heavy atom. The van der Waals surface area contributed by atoms with Crippen molar-refractivity contribution in [3.63, 3.8) is 0 Å². The predicted octanol–water partition coefficient (Wildman–Crippen LogP) is 14.7. The first-order valence-electron chi connectivity index (χ1n) is 20.1. The Morgan fingerprint density at radius 2 is 0.914 bits per heavy atom. The maximum atomic E-state index is 5.56. The van der Waals surface area contributed by atoms with Crippen molar-refractivity contribution in [3.05, 3.63) is 194 Å². The van der Waals surface area contributed by atoms with Gasteiger partial charge in [0.25, 0.3) is 0 Å². The number of benzene rings is 8. The number of hydrogen-bond acceptors (Lipinski definition) is 3. The zero-order valence-electron chi connectivity index (χ0n) is 31.7. The van der Waals surface area contributed by atoms with Gasteiger partial charge in [0.15, 0.2) is 0 Å². The van der Waals surface area contributed by atoms with Crippen LogP contribution in [0.5, 0.6) is 0 Å². The average Bonchev–Trinajstić information content (AvgIpc) is 3.30. The molecule has 270 valence electrons. The summed E-state index contributed by atoms with van der Waals surface area (Å²) in [5.74, 6) is 0. The van der Waals surface area contributed by atoms with E-state index in [0.29, 0.717) is 0 Å². The SMILES string of the molecule is C1=CC(c2ccc3ccc4ccc(-c5ccc(-c6cccc(-c7nc8c9ccccc9c9ccccc9c8c8ccccc78)c6)c6ccccc56)nc4c3n2)=CCC1. The van der Waals surface area contributed by atoms with Gasteiger partial charge in [0.05, 0.1) is 33.6 Å². The lowest BCUT2D eigenvalue weighted by Gasteiger charge is -2.16. The van der Waals surface area contributed by atoms with Crippen molar-refractivity contribution in [1.82, 2.24) is 15.0 Å². The first kappa shape index (κ1) is 32.7. The summed E-state index contributed by atoms with van der Waals surface area (Å²) in [7, 11) is 0. The predicted molar refractivity (Wildman–Crippen MR) is 245 cm³/mol. The molecule has 0 saturated heterocycles. The van der Waals surface area contributed by atoms with Crippen molar-refractivity contribution in [1.29, 1.82) is 0 Å². The van der Waals surface area contributed by atoms with E-state index in [4.69, 9.17) is 15.0 Å². The third-order valence-corrected chi connectivity index (χ3v) is 12.0. The van der Waals surface area contributed by atoms with E-state index in [1.54, 1.807) is 0 Å². The first-order chi connectivity index (χ1) is 28.8. The molecule has 0 spiro atoms. The van der Waals surface area contributed by atoms with E-state index in [9.17, 15) is 0 Å². The number of nitrogens with zero attached hydrogens (tertiary/aromatic N) is 3. The van der Waals surface area contributed by atoms with Gasteiger partial charge in [0.1, 0.15) is 0 Å². The van der Waals surface area contributed by atoms with Gasteiger partial charge in [-0.05, 0) is 80.1 Å². The van der Waals surface area contributed by atoms with E-state index >= 15 is 0 Å². The van der Waals surface area contributed by atoms with Crippen molar-refractivity contribution in [2.24, 2.45) is 0 Å². The molecule has 0 fully saturated rings. The highest BCUT2D eigenvalue weighted by Crippen LogP contribution is 2.42. The third-order valence-electron chi connectivity index (χ3n) is 12.0. The van der Waals surface area contributed by atoms with E-state index in [-0.39, 0.29) is 0 Å². The van der Waals surface area contributed by atoms with Crippen LogP contribution in [0.2, 0.25) is 0 Å². The Kier molecular flexibility index (Phi) is 7.36. The second kappa shape index (κ2) is 13.0. The highest BCUT2D eigenvalue weighted by atomic mass is 14.8. The Hall–Kier alpha value is -7.49. The molecule has 0 atom stereocenters. The summed E-state index contributed by atoms with van der Waals surface area (Å²) in [6.07, 6.45) is 8.83. The number of aromatic nitrogens is 3. The van der Waals surface area contributed by atoms with Crippen molar-refractivity contribution in [2.75, 3.05) is 0 Å². The Morgan fingerprint density at radius 1 is 0.362 bits per heavy atom. The van der Waals surface area contributed by atoms with Gasteiger partial charge in [-0.15, -0.1) is 0 Å². The van der Waals surface area contributed by atoms with Gasteiger partial charge in [0.2, 0.25) is 0 Å². The average molecular weight is 738 g/mol. The Balaban J connectivity index is 1.02. The van der Waals surface area contributed by atoms with Gasteiger partial charge in [-0.3, -0.25) is 0 Å². The molecule has 0 saturated carbocycles. The molecule has 1 aliphatic rings. The number of rotatable bonds is 4. The van der Waals surface area contributed by atoms with Gasteiger partial charge >= 0.3 is 0 Å². The highest BCUT2D eigenvalue weighted by molar-refractivity contribution is 6.31. The molecule has 0 amide bonds. The minimum absolute atomic E-state index is 0.925. The minimum Gasteiger partial charge on any atom is -0.246 e. The molecular formula is C55H35N3. The lowest BCUT2D eigenvalue weighted by Crippen LogP contribution is -1.94. The van der Waals surface area contributed by atoms with E-state index in [1.165, 1.54) is 48.8 Å². The molecule has 0 unspecified atom stereocenters. The molecule has 3 heteroatoms. The normalized spacial score (nSPS) is 13.1. The molecule has 0 radical (unpaired) electrons. The highest BCUT2D eigenvalue weighted by Gasteiger charge is 2.18. The van der Waals surface area contributed by atoms with Crippen LogP contribution >= 0.6 is 0 Å². The van der Waals surface area contributed by atoms with Crippen LogP contribution in [0, 0.1) is 0 Å². The van der Waals surface area contributed by atoms with Crippen molar-refractivity contribution in [3.8, 4) is 33.6 Å². The summed E-state index contributed by atoms with van der Waals surface area (Å²) >= 11 is 0. The van der Waals surface area contributed by atoms with Crippen LogP contribution < -0.4 is 0 Å². The smallest absolute Gasteiger partial charge is 0.0972 e. The van der Waals surface area contributed by atoms with E-state index in [0.717, 1.165) is 84.7 Å². The van der Waals surface area contributed by atoms with Crippen LogP contribution in [0.3, 0.4) is 0 Å². The fraction of sp³-hybridized carbons (Fsp3) is 0.0364. The lowest BCUT2D eigenvalue weighted by molar-refractivity contribution is 1.04. The van der Waals surface area contributed by atoms with Crippen LogP contribution in [0.1, 0.15) is 18.5 Å². The molecule has 0 aliphatic heterocycles. The van der Waals surface area contributed by atoms with E-state index < -0.39 is 0 Å². The topological polar surface area (TPSA) is 38.7 Å². The molecular weight excluding hydrogens is 703 g/mol. The van der Waals surface area contributed by atoms with Gasteiger partial charge in [-0.25, -0.2) is 15.0 Å². The van der Waals surface area contributed by atoms with Crippen LogP contribution in [0.4, 0.5) is 0 Å². The van der Waals surface area contributed by atoms with Gasteiger partial charge in [0, 0.05) is 38.1 Å². The van der Waals surface area contributed by atoms with E-state index in [1.807, 2.05) is 0 Å². The number of hydrogen-bond donors (Lipinski definition) is 0. The standard InChI is InChI=1S/C55H35N3/c1-2-13-34(14-3-1)49-31-27-35-25-26-36-28-32-50(57-54(36)53(35)56-49)44-30-29-39(40-17-4-5-18-41(40)44)37-15-12-16-38(33-37)52-48-24-11-9-22-46(48)51-45-21-8-6-19-42(45)43-20-7-10-23-47(43)55(51)58-52/h2,4-33H,1,3H2. The van der Waals surface area contributed by atoms with Gasteiger partial charge in [-0.1, -0.05) is 170 Å². The quantitative estimate of drug-likeness (QED) is 0.169. The second-order valence-corrected chi connectivity index (χ2v) is 15.3. The molecule has 11 aromatic rings. The zero-order valence-corrected chi connectivity index (χ0v) is 31.7. The Bertz CT molecular complexity index is 3580. The Labute approximate surface area is 335 Å². The molecule has 12 rings (SSSR count). The third kappa shape index (κ3) is 5.10. The molecule has 58 heavy (non-hydrogen) atoms. The molecule has 0 bridgehead atoms. The first-order valence-corrected chi connectivity index (χ1v) is 20.1. The molecule has 0 N–H and O–H groups in total. The van der Waals surface area contributed by atoms with Crippen LogP contribution in [-0.4, -0.2) is 15.0 Å². The van der Waals surface area contributed by atoms with Crippen LogP contribution in [0.25, 0.3) is 115 Å². The summed E-state index contributed by atoms with van der Waals surface area (Å²) in [5.41, 5.74) is 11.5. The maximum absolute atomic E-state index is 5.56. The minimum atomic E-state index is 0.925. The molecule has 3 aromatic heterocycles. The second-order valence-electron chi connectivity index (χ2n) is 15.3. The molecule has 1 aliphatic carbocycles. The monoisotopic (exact) mass is 737 g/mol. The fourth-order valence-electron chi connectivity index (χ4n) is 9.30. The summed E-state index contributed by atoms with van der Waals surface area (Å²) in [6, 6.07) is 61.2. The largest absolute Gasteiger partial charge is 0.246 e. The number of fused-ring (bicyclic) bond motifs is 12. The van der Waals surface area contributed by atoms with E-state index in [2.05, 4.69) is 188 Å². The maximum Gasteiger partial charge on any atom is 0.0972 e. The molecule has 8 aromatic carbocycles. The van der Waals surface area contributed by atoms with Gasteiger partial charge in [-0.2, -0.15) is 0 Å². The number of pyridine rings is 3. The molecule has 3 nitrogen and oxygen atoms in total. The van der Waals surface area contributed by atoms with Crippen molar-refractivity contribution < 1.29 is 0 Å². The van der Waals surface area contributed by atoms with Gasteiger partial charge < -0.3 is 0 Å². The summed E-state index contributed by atoms with van der Waals surface area (Å²) in [4.78, 5) is 16.1. The fourth-order valence-corrected chi connectivity index (χ4v) is 9.30. The summed E-state index contributed by atoms with van der Waals surface area (Å²) in [5, 5.41) is 13.0. The molecule has 3 heterocycles. The lowest BCUT2D eigenvalue weighted by atomic mass is 9.90. The van der Waals surface area contributed by atoms with Crippen LogP contribution in [-0.2, 0) is 0 Å². The zero-order chi connectivity index (χ0) is 38.2. The number of allylic oxidation sites excluding steroid dienone is 4. The van der Waals surface area contributed by atoms with Crippen molar-refractivity contribution >= 4 is 81.4 Å².